The van der Waals surface area contributed by atoms with Crippen LogP contribution in [-0.2, 0) is 22.6 Å². The van der Waals surface area contributed by atoms with Crippen molar-refractivity contribution in [3.63, 3.8) is 0 Å². The molecule has 1 aromatic heterocycles. The van der Waals surface area contributed by atoms with Crippen LogP contribution in [0, 0.1) is 6.92 Å². The molecule has 0 aliphatic rings. The molecular weight excluding hydrogens is 464 g/mol. The lowest BCUT2D eigenvalue weighted by molar-refractivity contribution is -0.143. The number of nitrogens with zero attached hydrogens (tertiary/aromatic N) is 3. The van der Waals surface area contributed by atoms with Crippen molar-refractivity contribution < 1.29 is 19.0 Å². The number of ether oxygens (including phenoxy) is 3. The van der Waals surface area contributed by atoms with Crippen molar-refractivity contribution >= 4 is 11.7 Å². The van der Waals surface area contributed by atoms with Crippen molar-refractivity contribution in [1.82, 2.24) is 14.1 Å². The molecule has 0 amide bonds. The number of methoxy groups -OCH3 is 1. The first-order valence-corrected chi connectivity index (χ1v) is 11.8. The fourth-order valence-electron chi connectivity index (χ4n) is 3.49. The Morgan fingerprint density at radius 3 is 2.42 bits per heavy atom. The first kappa shape index (κ1) is 26.5. The van der Waals surface area contributed by atoms with E-state index in [1.165, 1.54) is 11.7 Å². The van der Waals surface area contributed by atoms with Crippen LogP contribution >= 0.6 is 0 Å². The molecule has 1 N–H and O–H groups in total. The normalized spacial score (nSPS) is 11.6. The first-order valence-electron chi connectivity index (χ1n) is 11.8. The number of hydrogen-bond acceptors (Lipinski definition) is 7. The van der Waals surface area contributed by atoms with E-state index >= 15 is 0 Å². The number of hydrogen-bond donors (Lipinski definition) is 1. The van der Waals surface area contributed by atoms with Gasteiger partial charge in [0.15, 0.2) is 11.5 Å². The zero-order valence-electron chi connectivity index (χ0n) is 21.2. The van der Waals surface area contributed by atoms with Gasteiger partial charge in [-0.15, -0.1) is 0 Å². The third kappa shape index (κ3) is 6.74. The maximum absolute atomic E-state index is 13.4. The molecule has 0 bridgehead atoms. The van der Waals surface area contributed by atoms with E-state index in [0.717, 1.165) is 15.7 Å². The summed E-state index contributed by atoms with van der Waals surface area (Å²) < 4.78 is 18.4. The second kappa shape index (κ2) is 12.1. The van der Waals surface area contributed by atoms with Crippen molar-refractivity contribution in [2.24, 2.45) is 4.99 Å². The summed E-state index contributed by atoms with van der Waals surface area (Å²) in [6, 6.07) is 12.8. The number of benzene rings is 2. The fraction of sp³-hybridized carbons (Fsp3) is 0.385. The molecule has 0 aliphatic carbocycles. The van der Waals surface area contributed by atoms with Gasteiger partial charge in [-0.3, -0.25) is 14.3 Å². The van der Waals surface area contributed by atoms with Gasteiger partial charge in [-0.25, -0.2) is 19.1 Å². The van der Waals surface area contributed by atoms with E-state index in [1.54, 1.807) is 25.1 Å². The molecule has 10 nitrogen and oxygen atoms in total. The lowest BCUT2D eigenvalue weighted by Gasteiger charge is -2.14. The summed E-state index contributed by atoms with van der Waals surface area (Å²) >= 11 is 0. The summed E-state index contributed by atoms with van der Waals surface area (Å²) in [7, 11) is 1.52. The van der Waals surface area contributed by atoms with Gasteiger partial charge in [0, 0.05) is 12.6 Å². The Balaban J connectivity index is 2.12. The smallest absolute Gasteiger partial charge is 0.335 e. The summed E-state index contributed by atoms with van der Waals surface area (Å²) in [4.78, 5) is 45.2. The second-order valence-corrected chi connectivity index (χ2v) is 8.43. The van der Waals surface area contributed by atoms with Gasteiger partial charge in [0.2, 0.25) is 5.62 Å². The van der Waals surface area contributed by atoms with E-state index in [-0.39, 0.29) is 37.8 Å². The predicted molar refractivity (Wildman–Crippen MR) is 135 cm³/mol. The number of carbonyl (C=O) groups excluding carboxylic acids is 1. The van der Waals surface area contributed by atoms with Crippen LogP contribution in [0.4, 0.5) is 5.69 Å². The van der Waals surface area contributed by atoms with Gasteiger partial charge in [-0.05, 0) is 45.4 Å². The van der Waals surface area contributed by atoms with E-state index in [2.05, 4.69) is 9.98 Å². The third-order valence-corrected chi connectivity index (χ3v) is 5.23. The number of carbonyl (C=O) groups is 1. The van der Waals surface area contributed by atoms with Crippen LogP contribution in [0.5, 0.6) is 11.5 Å². The molecule has 192 valence electrons. The molecule has 0 fully saturated rings. The van der Waals surface area contributed by atoms with Crippen LogP contribution in [0.15, 0.2) is 57.0 Å². The lowest BCUT2D eigenvalue weighted by atomic mass is 10.1. The molecule has 0 atom stereocenters. The summed E-state index contributed by atoms with van der Waals surface area (Å²) in [6.45, 7) is 7.76. The zero-order valence-corrected chi connectivity index (χ0v) is 21.2. The number of H-pyrrole nitrogens is 1. The van der Waals surface area contributed by atoms with Crippen LogP contribution in [0.1, 0.15) is 38.3 Å². The predicted octanol–water partition coefficient (Wildman–Crippen LogP) is 2.68. The van der Waals surface area contributed by atoms with Crippen molar-refractivity contribution in [3.05, 3.63) is 80.2 Å². The second-order valence-electron chi connectivity index (χ2n) is 8.43. The quantitative estimate of drug-likeness (QED) is 0.432. The maximum Gasteiger partial charge on any atom is 0.335 e. The minimum atomic E-state index is -0.671. The molecule has 36 heavy (non-hydrogen) atoms. The minimum Gasteiger partial charge on any atom is -0.493 e. The number of aromatic amines is 1. The number of aromatic nitrogens is 3. The van der Waals surface area contributed by atoms with Crippen LogP contribution < -0.4 is 26.5 Å². The Morgan fingerprint density at radius 2 is 1.78 bits per heavy atom. The Hall–Kier alpha value is -4.08. The van der Waals surface area contributed by atoms with E-state index in [1.807, 2.05) is 45.0 Å². The molecule has 2 aromatic carbocycles. The van der Waals surface area contributed by atoms with Crippen molar-refractivity contribution in [3.8, 4) is 11.5 Å². The SMILES string of the molecule is CCOC(=O)CCn1c(=O)[nH]/c(=N\c2ccc(OC(C)C)c(OC)c2)n(Cc2ccc(C)cc2)c1=O. The van der Waals surface area contributed by atoms with Gasteiger partial charge in [-0.2, -0.15) is 0 Å². The first-order chi connectivity index (χ1) is 17.2. The third-order valence-electron chi connectivity index (χ3n) is 5.23. The fourth-order valence-corrected chi connectivity index (χ4v) is 3.49. The molecule has 10 heteroatoms. The van der Waals surface area contributed by atoms with Gasteiger partial charge in [0.25, 0.3) is 0 Å². The largest absolute Gasteiger partial charge is 0.493 e. The number of nitrogens with one attached hydrogen (secondary N) is 1. The van der Waals surface area contributed by atoms with Gasteiger partial charge in [0.1, 0.15) is 0 Å². The van der Waals surface area contributed by atoms with Crippen molar-refractivity contribution in [2.45, 2.75) is 53.3 Å². The van der Waals surface area contributed by atoms with Crippen LogP contribution in [0.3, 0.4) is 0 Å². The maximum atomic E-state index is 13.4. The average molecular weight is 497 g/mol. The van der Waals surface area contributed by atoms with Gasteiger partial charge >= 0.3 is 17.3 Å². The van der Waals surface area contributed by atoms with Gasteiger partial charge < -0.3 is 14.2 Å². The molecule has 0 aliphatic heterocycles. The number of esters is 1. The molecule has 0 spiro atoms. The van der Waals surface area contributed by atoms with Gasteiger partial charge in [0.05, 0.1) is 38.5 Å². The monoisotopic (exact) mass is 496 g/mol. The van der Waals surface area contributed by atoms with E-state index < -0.39 is 17.3 Å². The van der Waals surface area contributed by atoms with Crippen molar-refractivity contribution in [1.29, 1.82) is 0 Å². The summed E-state index contributed by atoms with van der Waals surface area (Å²) in [5, 5.41) is 0. The standard InChI is InChI=1S/C26H32N4O6/c1-6-35-23(31)13-14-29-25(32)28-24(30(26(29)33)16-19-9-7-18(4)8-10-19)27-20-11-12-21(36-17(2)3)22(15-20)34-5/h7-12,15,17H,6,13-14,16H2,1-5H3,(H,27,28,32). The summed E-state index contributed by atoms with van der Waals surface area (Å²) in [6.07, 6.45) is -0.149. The van der Waals surface area contributed by atoms with E-state index in [9.17, 15) is 14.4 Å². The molecule has 0 unspecified atom stereocenters. The number of rotatable bonds is 10. The highest BCUT2D eigenvalue weighted by molar-refractivity contribution is 5.69. The highest BCUT2D eigenvalue weighted by atomic mass is 16.5. The van der Waals surface area contributed by atoms with Crippen LogP contribution in [-0.4, -0.2) is 39.9 Å². The van der Waals surface area contributed by atoms with Crippen molar-refractivity contribution in [2.75, 3.05) is 13.7 Å². The Bertz CT molecular complexity index is 1380. The van der Waals surface area contributed by atoms with E-state index in [0.29, 0.717) is 17.2 Å². The topological polar surface area (TPSA) is 117 Å². The minimum absolute atomic E-state index is 0.0445. The Labute approximate surface area is 208 Å². The van der Waals surface area contributed by atoms with Crippen LogP contribution in [0.25, 0.3) is 0 Å². The van der Waals surface area contributed by atoms with Gasteiger partial charge in [-0.1, -0.05) is 29.8 Å². The molecular formula is C26H32N4O6. The van der Waals surface area contributed by atoms with Crippen LogP contribution in [0.2, 0.25) is 0 Å². The lowest BCUT2D eigenvalue weighted by Crippen LogP contribution is -2.50. The molecule has 0 radical (unpaired) electrons. The average Bonchev–Trinajstić information content (AvgIpc) is 2.83. The molecule has 3 rings (SSSR count). The molecule has 0 saturated carbocycles. The number of aryl methyl sites for hydroxylation is 1. The molecule has 1 heterocycles. The molecule has 0 saturated heterocycles. The highest BCUT2D eigenvalue weighted by Crippen LogP contribution is 2.31. The zero-order chi connectivity index (χ0) is 26.2. The summed E-state index contributed by atoms with van der Waals surface area (Å²) in [5.41, 5.74) is 1.20. The Morgan fingerprint density at radius 1 is 1.06 bits per heavy atom. The van der Waals surface area contributed by atoms with E-state index in [4.69, 9.17) is 14.2 Å². The summed E-state index contributed by atoms with van der Waals surface area (Å²) in [5.74, 6) is 0.542. The Kier molecular flexibility index (Phi) is 8.88. The molecule has 3 aromatic rings. The highest BCUT2D eigenvalue weighted by Gasteiger charge is 2.13.